The van der Waals surface area contributed by atoms with Gasteiger partial charge < -0.3 is 18.8 Å². The molecule has 5 nitrogen and oxygen atoms in total. The molecule has 0 saturated carbocycles. The van der Waals surface area contributed by atoms with Gasteiger partial charge in [0.2, 0.25) is 0 Å². The van der Waals surface area contributed by atoms with Crippen LogP contribution in [0.4, 0.5) is 5.69 Å². The average molecular weight is 413 g/mol. The topological polar surface area (TPSA) is 51.9 Å². The summed E-state index contributed by atoms with van der Waals surface area (Å²) >= 11 is 0. The lowest BCUT2D eigenvalue weighted by molar-refractivity contribution is 0.289. The SMILES string of the molecule is CCc1ccc(N2COc3ccc4c(-c5ccc(OC)cc5)cc(=O)oc4c3C2)cc1. The Morgan fingerprint density at radius 2 is 1.77 bits per heavy atom. The van der Waals surface area contributed by atoms with E-state index >= 15 is 0 Å². The van der Waals surface area contributed by atoms with Crippen LogP contribution in [0.15, 0.2) is 75.9 Å². The van der Waals surface area contributed by atoms with Gasteiger partial charge in [-0.1, -0.05) is 31.2 Å². The molecular weight excluding hydrogens is 390 g/mol. The van der Waals surface area contributed by atoms with Gasteiger partial charge in [0.25, 0.3) is 0 Å². The van der Waals surface area contributed by atoms with Crippen LogP contribution in [0.2, 0.25) is 0 Å². The number of methoxy groups -OCH3 is 1. The summed E-state index contributed by atoms with van der Waals surface area (Å²) in [4.78, 5) is 14.6. The molecule has 2 heterocycles. The van der Waals surface area contributed by atoms with E-state index in [2.05, 4.69) is 36.1 Å². The van der Waals surface area contributed by atoms with Crippen molar-refractivity contribution in [2.45, 2.75) is 19.9 Å². The van der Waals surface area contributed by atoms with Crippen molar-refractivity contribution < 1.29 is 13.9 Å². The number of benzene rings is 3. The highest BCUT2D eigenvalue weighted by Crippen LogP contribution is 2.37. The van der Waals surface area contributed by atoms with Gasteiger partial charge in [-0.2, -0.15) is 0 Å². The standard InChI is InChI=1S/C26H23NO4/c1-3-17-4-8-19(9-5-17)27-15-23-24(30-16-27)13-12-21-22(14-25(28)31-26(21)23)18-6-10-20(29-2)11-7-18/h4-14H,3,15-16H2,1-2H3. The van der Waals surface area contributed by atoms with Crippen LogP contribution in [0.1, 0.15) is 18.1 Å². The Bertz CT molecular complexity index is 1290. The number of ether oxygens (including phenoxy) is 2. The molecule has 0 aliphatic carbocycles. The molecule has 0 saturated heterocycles. The summed E-state index contributed by atoms with van der Waals surface area (Å²) in [6.45, 7) is 3.20. The van der Waals surface area contributed by atoms with Crippen molar-refractivity contribution in [3.8, 4) is 22.6 Å². The average Bonchev–Trinajstić information content (AvgIpc) is 2.83. The fraction of sp³-hybridized carbons (Fsp3) is 0.192. The molecule has 4 aromatic rings. The zero-order valence-electron chi connectivity index (χ0n) is 17.6. The maximum atomic E-state index is 12.5. The summed E-state index contributed by atoms with van der Waals surface area (Å²) < 4.78 is 17.0. The Morgan fingerprint density at radius 3 is 2.48 bits per heavy atom. The van der Waals surface area contributed by atoms with Crippen LogP contribution in [0, 0.1) is 0 Å². The van der Waals surface area contributed by atoms with Crippen LogP contribution >= 0.6 is 0 Å². The molecule has 3 aromatic carbocycles. The Balaban J connectivity index is 1.59. The molecule has 0 fully saturated rings. The van der Waals surface area contributed by atoms with E-state index in [-0.39, 0.29) is 5.63 Å². The molecular formula is C26H23NO4. The Kier molecular flexibility index (Phi) is 4.86. The second-order valence-electron chi connectivity index (χ2n) is 7.62. The zero-order chi connectivity index (χ0) is 21.4. The van der Waals surface area contributed by atoms with Gasteiger partial charge in [0, 0.05) is 17.1 Å². The molecule has 0 unspecified atom stereocenters. The third-order valence-corrected chi connectivity index (χ3v) is 5.81. The summed E-state index contributed by atoms with van der Waals surface area (Å²) in [6.07, 6.45) is 1.00. The maximum absolute atomic E-state index is 12.5. The van der Waals surface area contributed by atoms with E-state index in [0.29, 0.717) is 18.9 Å². The third-order valence-electron chi connectivity index (χ3n) is 5.81. The van der Waals surface area contributed by atoms with Gasteiger partial charge >= 0.3 is 5.63 Å². The van der Waals surface area contributed by atoms with Gasteiger partial charge in [-0.15, -0.1) is 0 Å². The number of nitrogens with zero attached hydrogens (tertiary/aromatic N) is 1. The molecule has 0 bridgehead atoms. The molecule has 156 valence electrons. The summed E-state index contributed by atoms with van der Waals surface area (Å²) in [5.74, 6) is 1.52. The van der Waals surface area contributed by atoms with Crippen molar-refractivity contribution in [2.24, 2.45) is 0 Å². The minimum absolute atomic E-state index is 0.379. The predicted octanol–water partition coefficient (Wildman–Crippen LogP) is 5.39. The van der Waals surface area contributed by atoms with Gasteiger partial charge in [-0.3, -0.25) is 0 Å². The summed E-state index contributed by atoms with van der Waals surface area (Å²) in [5.41, 5.74) is 5.22. The number of fused-ring (bicyclic) bond motifs is 3. The highest BCUT2D eigenvalue weighted by molar-refractivity contribution is 5.96. The van der Waals surface area contributed by atoms with Gasteiger partial charge in [0.05, 0.1) is 19.2 Å². The number of hydrogen-bond acceptors (Lipinski definition) is 5. The first-order valence-electron chi connectivity index (χ1n) is 10.4. The first-order valence-corrected chi connectivity index (χ1v) is 10.4. The molecule has 5 rings (SSSR count). The van der Waals surface area contributed by atoms with E-state index < -0.39 is 0 Å². The molecule has 5 heteroatoms. The maximum Gasteiger partial charge on any atom is 0.336 e. The number of hydrogen-bond donors (Lipinski definition) is 0. The molecule has 1 aliphatic heterocycles. The normalized spacial score (nSPS) is 13.0. The van der Waals surface area contributed by atoms with Crippen LogP contribution in [-0.4, -0.2) is 13.8 Å². The van der Waals surface area contributed by atoms with E-state index in [9.17, 15) is 4.79 Å². The van der Waals surface area contributed by atoms with Crippen molar-refractivity contribution in [1.82, 2.24) is 0 Å². The minimum Gasteiger partial charge on any atom is -0.497 e. The van der Waals surface area contributed by atoms with E-state index in [0.717, 1.165) is 45.7 Å². The second-order valence-corrected chi connectivity index (χ2v) is 7.62. The largest absolute Gasteiger partial charge is 0.497 e. The second kappa shape index (κ2) is 7.84. The first kappa shape index (κ1) is 19.2. The molecule has 31 heavy (non-hydrogen) atoms. The molecule has 0 atom stereocenters. The number of anilines is 1. The molecule has 0 spiro atoms. The smallest absolute Gasteiger partial charge is 0.336 e. The molecule has 0 amide bonds. The lowest BCUT2D eigenvalue weighted by Crippen LogP contribution is -2.32. The van der Waals surface area contributed by atoms with Crippen LogP contribution in [-0.2, 0) is 13.0 Å². The molecule has 1 aliphatic rings. The van der Waals surface area contributed by atoms with Crippen molar-refractivity contribution in [3.05, 3.63) is 88.3 Å². The molecule has 0 radical (unpaired) electrons. The molecule has 0 N–H and O–H groups in total. The summed E-state index contributed by atoms with van der Waals surface area (Å²) in [7, 11) is 1.63. The van der Waals surface area contributed by atoms with Crippen LogP contribution in [0.25, 0.3) is 22.1 Å². The van der Waals surface area contributed by atoms with E-state index in [1.165, 1.54) is 5.56 Å². The first-order chi connectivity index (χ1) is 15.2. The van der Waals surface area contributed by atoms with E-state index in [4.69, 9.17) is 13.9 Å². The highest BCUT2D eigenvalue weighted by Gasteiger charge is 2.23. The lowest BCUT2D eigenvalue weighted by Gasteiger charge is -2.31. The van der Waals surface area contributed by atoms with Gasteiger partial charge in [0.15, 0.2) is 6.73 Å². The quantitative estimate of drug-likeness (QED) is 0.420. The number of aryl methyl sites for hydroxylation is 1. The Hall–Kier alpha value is -3.73. The van der Waals surface area contributed by atoms with E-state index in [1.807, 2.05) is 36.4 Å². The van der Waals surface area contributed by atoms with Crippen molar-refractivity contribution in [1.29, 1.82) is 0 Å². The van der Waals surface area contributed by atoms with Crippen LogP contribution < -0.4 is 20.0 Å². The number of rotatable bonds is 4. The van der Waals surface area contributed by atoms with Gasteiger partial charge in [-0.05, 0) is 59.5 Å². The van der Waals surface area contributed by atoms with Crippen molar-refractivity contribution >= 4 is 16.7 Å². The van der Waals surface area contributed by atoms with Crippen LogP contribution in [0.5, 0.6) is 11.5 Å². The highest BCUT2D eigenvalue weighted by atomic mass is 16.5. The minimum atomic E-state index is -0.379. The van der Waals surface area contributed by atoms with Crippen LogP contribution in [0.3, 0.4) is 0 Å². The Morgan fingerprint density at radius 1 is 1.00 bits per heavy atom. The third kappa shape index (κ3) is 3.52. The van der Waals surface area contributed by atoms with Crippen molar-refractivity contribution in [2.75, 3.05) is 18.7 Å². The van der Waals surface area contributed by atoms with Gasteiger partial charge in [0.1, 0.15) is 17.1 Å². The summed E-state index contributed by atoms with van der Waals surface area (Å²) in [6, 6.07) is 21.6. The van der Waals surface area contributed by atoms with E-state index in [1.54, 1.807) is 13.2 Å². The van der Waals surface area contributed by atoms with Gasteiger partial charge in [-0.25, -0.2) is 4.79 Å². The monoisotopic (exact) mass is 413 g/mol. The fourth-order valence-electron chi connectivity index (χ4n) is 4.05. The zero-order valence-corrected chi connectivity index (χ0v) is 17.6. The lowest BCUT2D eigenvalue weighted by atomic mass is 9.99. The molecule has 1 aromatic heterocycles. The van der Waals surface area contributed by atoms with Crippen molar-refractivity contribution in [3.63, 3.8) is 0 Å². The fourth-order valence-corrected chi connectivity index (χ4v) is 4.05. The predicted molar refractivity (Wildman–Crippen MR) is 122 cm³/mol. The summed E-state index contributed by atoms with van der Waals surface area (Å²) in [5, 5.41) is 0.885. The Labute approximate surface area is 180 Å².